The van der Waals surface area contributed by atoms with Gasteiger partial charge in [-0.3, -0.25) is 4.79 Å². The van der Waals surface area contributed by atoms with Crippen LogP contribution in [0.4, 0.5) is 5.69 Å². The lowest BCUT2D eigenvalue weighted by Crippen LogP contribution is -2.43. The highest BCUT2D eigenvalue weighted by Gasteiger charge is 2.33. The number of thiophene rings is 1. The van der Waals surface area contributed by atoms with Gasteiger partial charge in [0.15, 0.2) is 0 Å². The Morgan fingerprint density at radius 3 is 2.96 bits per heavy atom. The number of benzene rings is 1. The van der Waals surface area contributed by atoms with E-state index in [0.717, 1.165) is 10.2 Å². The second-order valence-electron chi connectivity index (χ2n) is 6.16. The second-order valence-corrected chi connectivity index (χ2v) is 10.2. The van der Waals surface area contributed by atoms with Crippen LogP contribution >= 0.6 is 22.7 Å². The minimum absolute atomic E-state index is 0.148. The van der Waals surface area contributed by atoms with Crippen LogP contribution < -0.4 is 5.32 Å². The van der Waals surface area contributed by atoms with E-state index in [4.69, 9.17) is 0 Å². The van der Waals surface area contributed by atoms with E-state index >= 15 is 0 Å². The third kappa shape index (κ3) is 3.39. The van der Waals surface area contributed by atoms with Crippen molar-refractivity contribution < 1.29 is 13.2 Å². The summed E-state index contributed by atoms with van der Waals surface area (Å²) < 4.78 is 28.2. The summed E-state index contributed by atoms with van der Waals surface area (Å²) in [5.41, 5.74) is 3.30. The average molecular weight is 408 g/mol. The van der Waals surface area contributed by atoms with Gasteiger partial charge in [-0.05, 0) is 42.5 Å². The second kappa shape index (κ2) is 7.07. The Balaban J connectivity index is 1.47. The van der Waals surface area contributed by atoms with Crippen molar-refractivity contribution in [3.63, 3.8) is 0 Å². The maximum Gasteiger partial charge on any atom is 0.252 e. The minimum Gasteiger partial charge on any atom is -0.326 e. The number of fused-ring (bicyclic) bond motifs is 1. The number of rotatable bonds is 4. The van der Waals surface area contributed by atoms with Gasteiger partial charge < -0.3 is 5.32 Å². The van der Waals surface area contributed by atoms with E-state index in [0.29, 0.717) is 29.3 Å². The van der Waals surface area contributed by atoms with Crippen molar-refractivity contribution >= 4 is 54.5 Å². The summed E-state index contributed by atoms with van der Waals surface area (Å²) in [5.74, 6) is -0.504. The van der Waals surface area contributed by atoms with Crippen LogP contribution in [0.2, 0.25) is 0 Å². The lowest BCUT2D eigenvalue weighted by atomic mass is 9.98. The van der Waals surface area contributed by atoms with Crippen molar-refractivity contribution in [3.8, 4) is 0 Å². The number of hydrogen-bond acceptors (Lipinski definition) is 6. The van der Waals surface area contributed by atoms with E-state index in [-0.39, 0.29) is 18.4 Å². The van der Waals surface area contributed by atoms with Gasteiger partial charge in [0.1, 0.15) is 4.21 Å². The predicted molar refractivity (Wildman–Crippen MR) is 104 cm³/mol. The molecule has 1 N–H and O–H groups in total. The summed E-state index contributed by atoms with van der Waals surface area (Å²) in [6.07, 6.45) is 1.36. The number of carbonyl (C=O) groups excluding carboxylic acids is 1. The Labute approximate surface area is 159 Å². The third-order valence-corrected chi connectivity index (χ3v) is 8.49. The van der Waals surface area contributed by atoms with Crippen molar-refractivity contribution in [1.29, 1.82) is 0 Å². The molecule has 1 fully saturated rings. The number of nitrogens with zero attached hydrogens (tertiary/aromatic N) is 2. The fourth-order valence-electron chi connectivity index (χ4n) is 3.09. The molecule has 0 bridgehead atoms. The molecule has 0 aliphatic carbocycles. The Morgan fingerprint density at radius 1 is 1.27 bits per heavy atom. The van der Waals surface area contributed by atoms with Crippen molar-refractivity contribution in [2.45, 2.75) is 17.1 Å². The average Bonchev–Trinajstić information content (AvgIpc) is 3.33. The van der Waals surface area contributed by atoms with E-state index in [1.807, 2.05) is 18.2 Å². The number of sulfonamides is 1. The number of thiazole rings is 1. The molecular formula is C17H17N3O3S3. The van der Waals surface area contributed by atoms with Crippen LogP contribution in [0.15, 0.2) is 45.4 Å². The molecule has 1 amide bonds. The van der Waals surface area contributed by atoms with Crippen molar-refractivity contribution in [1.82, 2.24) is 9.29 Å². The summed E-state index contributed by atoms with van der Waals surface area (Å²) in [4.78, 5) is 16.9. The summed E-state index contributed by atoms with van der Waals surface area (Å²) >= 11 is 2.75. The van der Waals surface area contributed by atoms with Crippen LogP contribution in [0.3, 0.4) is 0 Å². The summed E-state index contributed by atoms with van der Waals surface area (Å²) in [7, 11) is -3.52. The Kier molecular flexibility index (Phi) is 4.78. The Bertz CT molecular complexity index is 1030. The number of amides is 1. The molecule has 1 aliphatic heterocycles. The van der Waals surface area contributed by atoms with Gasteiger partial charge >= 0.3 is 0 Å². The first-order valence-corrected chi connectivity index (χ1v) is 11.4. The number of aromatic nitrogens is 1. The lowest BCUT2D eigenvalue weighted by molar-refractivity contribution is -0.120. The molecule has 6 nitrogen and oxygen atoms in total. The highest BCUT2D eigenvalue weighted by atomic mass is 32.2. The van der Waals surface area contributed by atoms with Crippen molar-refractivity contribution in [2.24, 2.45) is 5.92 Å². The zero-order chi connectivity index (χ0) is 18.1. The molecule has 136 valence electrons. The number of anilines is 1. The molecule has 9 heteroatoms. The summed E-state index contributed by atoms with van der Waals surface area (Å²) in [6.45, 7) is 0.666. The molecule has 0 saturated carbocycles. The van der Waals surface area contributed by atoms with E-state index in [1.165, 1.54) is 15.6 Å². The number of carbonyl (C=O) groups is 1. The first-order valence-electron chi connectivity index (χ1n) is 8.22. The minimum atomic E-state index is -3.52. The Hall–Kier alpha value is -1.81. The van der Waals surface area contributed by atoms with Crippen LogP contribution in [0, 0.1) is 5.92 Å². The molecule has 3 heterocycles. The van der Waals surface area contributed by atoms with Crippen molar-refractivity contribution in [3.05, 3.63) is 41.2 Å². The third-order valence-electron chi connectivity index (χ3n) is 4.44. The molecule has 1 atom stereocenters. The molecule has 4 rings (SSSR count). The molecule has 26 heavy (non-hydrogen) atoms. The van der Waals surface area contributed by atoms with E-state index < -0.39 is 10.0 Å². The van der Waals surface area contributed by atoms with Gasteiger partial charge in [0.2, 0.25) is 5.91 Å². The molecule has 0 radical (unpaired) electrons. The topological polar surface area (TPSA) is 79.4 Å². The van der Waals surface area contributed by atoms with E-state index in [1.54, 1.807) is 34.4 Å². The molecule has 1 saturated heterocycles. The fraction of sp³-hybridized carbons (Fsp3) is 0.294. The van der Waals surface area contributed by atoms with Gasteiger partial charge in [-0.2, -0.15) is 4.31 Å². The van der Waals surface area contributed by atoms with Gasteiger partial charge in [-0.15, -0.1) is 22.7 Å². The molecule has 0 spiro atoms. The van der Waals surface area contributed by atoms with Crippen LogP contribution in [0.1, 0.15) is 12.8 Å². The molecule has 1 aromatic carbocycles. The van der Waals surface area contributed by atoms with Crippen molar-refractivity contribution in [2.75, 3.05) is 18.4 Å². The van der Waals surface area contributed by atoms with Crippen LogP contribution in [-0.4, -0.2) is 36.7 Å². The lowest BCUT2D eigenvalue weighted by Gasteiger charge is -2.30. The van der Waals surface area contributed by atoms with Gasteiger partial charge in [0, 0.05) is 18.8 Å². The maximum absolute atomic E-state index is 12.7. The quantitative estimate of drug-likeness (QED) is 0.719. The van der Waals surface area contributed by atoms with Gasteiger partial charge in [-0.25, -0.2) is 13.4 Å². The normalized spacial score (nSPS) is 18.8. The highest BCUT2D eigenvalue weighted by molar-refractivity contribution is 7.91. The number of hydrogen-bond donors (Lipinski definition) is 1. The molecule has 3 aromatic rings. The zero-order valence-electron chi connectivity index (χ0n) is 13.8. The van der Waals surface area contributed by atoms with Crippen LogP contribution in [0.25, 0.3) is 10.2 Å². The standard InChI is InChI=1S/C17H17N3O3S3/c21-17(19-13-5-6-15-14(9-13)18-11-25-15)12-3-1-7-20(10-12)26(22,23)16-4-2-8-24-16/h2,4-6,8-9,11-12H,1,3,7,10H2,(H,19,21). The van der Waals surface area contributed by atoms with E-state index in [9.17, 15) is 13.2 Å². The SMILES string of the molecule is O=C(Nc1ccc2scnc2c1)C1CCCN(S(=O)(=O)c2cccs2)C1. The molecule has 1 unspecified atom stereocenters. The van der Waals surface area contributed by atoms with E-state index in [2.05, 4.69) is 10.3 Å². The number of piperidine rings is 1. The zero-order valence-corrected chi connectivity index (χ0v) is 16.2. The van der Waals surface area contributed by atoms with Gasteiger partial charge in [0.25, 0.3) is 10.0 Å². The Morgan fingerprint density at radius 2 is 2.15 bits per heavy atom. The van der Waals surface area contributed by atoms with Gasteiger partial charge in [0.05, 0.1) is 21.6 Å². The summed E-state index contributed by atoms with van der Waals surface area (Å²) in [6, 6.07) is 8.94. The monoisotopic (exact) mass is 407 g/mol. The highest BCUT2D eigenvalue weighted by Crippen LogP contribution is 2.27. The maximum atomic E-state index is 12.7. The molecule has 1 aliphatic rings. The first-order chi connectivity index (χ1) is 12.5. The molecular weight excluding hydrogens is 390 g/mol. The largest absolute Gasteiger partial charge is 0.326 e. The van der Waals surface area contributed by atoms with Gasteiger partial charge in [-0.1, -0.05) is 6.07 Å². The fourth-order valence-corrected chi connectivity index (χ4v) is 6.42. The van der Waals surface area contributed by atoms with Crippen LogP contribution in [0.5, 0.6) is 0 Å². The first kappa shape index (κ1) is 17.6. The smallest absolute Gasteiger partial charge is 0.252 e. The summed E-state index contributed by atoms with van der Waals surface area (Å²) in [5, 5.41) is 4.65. The van der Waals surface area contributed by atoms with Crippen LogP contribution in [-0.2, 0) is 14.8 Å². The number of nitrogens with one attached hydrogen (secondary N) is 1. The predicted octanol–water partition coefficient (Wildman–Crippen LogP) is 3.40. The molecule has 2 aromatic heterocycles.